The summed E-state index contributed by atoms with van der Waals surface area (Å²) in [6.45, 7) is 3.99. The molecule has 3 rings (SSSR count). The van der Waals surface area contributed by atoms with Crippen LogP contribution < -0.4 is 9.47 Å². The van der Waals surface area contributed by atoms with E-state index in [-0.39, 0.29) is 11.5 Å². The zero-order chi connectivity index (χ0) is 19.2. The van der Waals surface area contributed by atoms with Gasteiger partial charge < -0.3 is 14.4 Å². The van der Waals surface area contributed by atoms with Crippen molar-refractivity contribution < 1.29 is 18.7 Å². The summed E-state index contributed by atoms with van der Waals surface area (Å²) in [6.07, 6.45) is 0. The van der Waals surface area contributed by atoms with Gasteiger partial charge in [0.2, 0.25) is 0 Å². The first kappa shape index (κ1) is 19.6. The molecule has 0 unspecified atom stereocenters. The predicted molar refractivity (Wildman–Crippen MR) is 105 cm³/mol. The summed E-state index contributed by atoms with van der Waals surface area (Å²) in [5.41, 5.74) is 0.112. The van der Waals surface area contributed by atoms with Crippen LogP contribution in [0.5, 0.6) is 11.5 Å². The SMILES string of the molecule is COc1ccc(OCCN2CCN(C(=O)c3cc(Br)ccc3F)CC2)cc1. The standard InChI is InChI=1S/C20H22BrFN2O3/c1-26-16-3-5-17(6-4-16)27-13-12-23-8-10-24(11-9-23)20(25)18-14-15(21)2-7-19(18)22/h2-7,14H,8-13H2,1H3. The third-order valence-electron chi connectivity index (χ3n) is 4.55. The van der Waals surface area contributed by atoms with Gasteiger partial charge in [0.15, 0.2) is 0 Å². The highest BCUT2D eigenvalue weighted by Crippen LogP contribution is 2.19. The first-order valence-electron chi connectivity index (χ1n) is 8.80. The minimum Gasteiger partial charge on any atom is -0.497 e. The third-order valence-corrected chi connectivity index (χ3v) is 5.05. The van der Waals surface area contributed by atoms with E-state index in [1.807, 2.05) is 24.3 Å². The van der Waals surface area contributed by atoms with Crippen LogP contribution in [-0.4, -0.2) is 62.1 Å². The molecule has 0 atom stereocenters. The summed E-state index contributed by atoms with van der Waals surface area (Å²) in [6, 6.07) is 11.9. The van der Waals surface area contributed by atoms with Crippen molar-refractivity contribution >= 4 is 21.8 Å². The van der Waals surface area contributed by atoms with Crippen LogP contribution in [0.4, 0.5) is 4.39 Å². The lowest BCUT2D eigenvalue weighted by Gasteiger charge is -2.34. The third kappa shape index (κ3) is 5.20. The van der Waals surface area contributed by atoms with E-state index in [1.165, 1.54) is 12.1 Å². The van der Waals surface area contributed by atoms with Crippen LogP contribution in [0.2, 0.25) is 0 Å². The molecule has 0 aromatic heterocycles. The van der Waals surface area contributed by atoms with Crippen LogP contribution in [0.1, 0.15) is 10.4 Å². The first-order chi connectivity index (χ1) is 13.1. The van der Waals surface area contributed by atoms with Crippen LogP contribution in [-0.2, 0) is 0 Å². The second kappa shape index (κ2) is 9.19. The molecule has 5 nitrogen and oxygen atoms in total. The number of halogens is 2. The normalized spacial score (nSPS) is 14.9. The number of methoxy groups -OCH3 is 1. The predicted octanol–water partition coefficient (Wildman–Crippen LogP) is 3.43. The van der Waals surface area contributed by atoms with E-state index in [2.05, 4.69) is 20.8 Å². The molecule has 0 radical (unpaired) electrons. The van der Waals surface area contributed by atoms with E-state index in [1.54, 1.807) is 18.1 Å². The molecule has 0 saturated carbocycles. The number of nitrogens with zero attached hydrogens (tertiary/aromatic N) is 2. The minimum atomic E-state index is -0.487. The van der Waals surface area contributed by atoms with Crippen LogP contribution in [0.25, 0.3) is 0 Å². The van der Waals surface area contributed by atoms with Gasteiger partial charge in [0.25, 0.3) is 5.91 Å². The average molecular weight is 437 g/mol. The molecule has 0 N–H and O–H groups in total. The molecule has 144 valence electrons. The number of hydrogen-bond acceptors (Lipinski definition) is 4. The van der Waals surface area contributed by atoms with Crippen molar-refractivity contribution in [3.63, 3.8) is 0 Å². The minimum absolute atomic E-state index is 0.112. The molecule has 1 heterocycles. The van der Waals surface area contributed by atoms with E-state index < -0.39 is 5.82 Å². The topological polar surface area (TPSA) is 42.0 Å². The number of ether oxygens (including phenoxy) is 2. The Labute approximate surface area is 166 Å². The smallest absolute Gasteiger partial charge is 0.256 e. The van der Waals surface area contributed by atoms with Crippen molar-refractivity contribution in [2.24, 2.45) is 0 Å². The van der Waals surface area contributed by atoms with Gasteiger partial charge >= 0.3 is 0 Å². The molecule has 1 aliphatic rings. The molecule has 2 aromatic carbocycles. The first-order valence-corrected chi connectivity index (χ1v) is 9.59. The largest absolute Gasteiger partial charge is 0.497 e. The maximum absolute atomic E-state index is 13.9. The van der Waals surface area contributed by atoms with Gasteiger partial charge in [-0.15, -0.1) is 0 Å². The van der Waals surface area contributed by atoms with Crippen molar-refractivity contribution in [1.29, 1.82) is 0 Å². The fourth-order valence-electron chi connectivity index (χ4n) is 2.97. The van der Waals surface area contributed by atoms with E-state index in [0.29, 0.717) is 24.2 Å². The molecule has 1 saturated heterocycles. The maximum Gasteiger partial charge on any atom is 0.256 e. The quantitative estimate of drug-likeness (QED) is 0.695. The molecule has 0 aliphatic carbocycles. The highest BCUT2D eigenvalue weighted by Gasteiger charge is 2.24. The van der Waals surface area contributed by atoms with Crippen molar-refractivity contribution in [2.45, 2.75) is 0 Å². The zero-order valence-corrected chi connectivity index (χ0v) is 16.7. The Hall–Kier alpha value is -2.12. The van der Waals surface area contributed by atoms with E-state index >= 15 is 0 Å². The van der Waals surface area contributed by atoms with Crippen LogP contribution in [0.3, 0.4) is 0 Å². The van der Waals surface area contributed by atoms with Gasteiger partial charge in [0.05, 0.1) is 12.7 Å². The molecule has 1 aliphatic heterocycles. The van der Waals surface area contributed by atoms with E-state index in [9.17, 15) is 9.18 Å². The Kier molecular flexibility index (Phi) is 6.68. The molecular weight excluding hydrogens is 415 g/mol. The number of amides is 1. The van der Waals surface area contributed by atoms with E-state index in [0.717, 1.165) is 31.1 Å². The van der Waals surface area contributed by atoms with Crippen molar-refractivity contribution in [3.05, 3.63) is 58.3 Å². The number of benzene rings is 2. The van der Waals surface area contributed by atoms with Gasteiger partial charge in [0, 0.05) is 37.2 Å². The molecule has 1 fully saturated rings. The number of carbonyl (C=O) groups is 1. The lowest BCUT2D eigenvalue weighted by molar-refractivity contribution is 0.0616. The number of piperazine rings is 1. The van der Waals surface area contributed by atoms with Crippen LogP contribution >= 0.6 is 15.9 Å². The second-order valence-corrected chi connectivity index (χ2v) is 7.20. The Bertz CT molecular complexity index is 777. The lowest BCUT2D eigenvalue weighted by atomic mass is 10.1. The van der Waals surface area contributed by atoms with Crippen molar-refractivity contribution in [1.82, 2.24) is 9.80 Å². The van der Waals surface area contributed by atoms with Gasteiger partial charge in [-0.1, -0.05) is 15.9 Å². The average Bonchev–Trinajstić information content (AvgIpc) is 2.70. The number of carbonyl (C=O) groups excluding carboxylic acids is 1. The van der Waals surface area contributed by atoms with Crippen molar-refractivity contribution in [3.8, 4) is 11.5 Å². The van der Waals surface area contributed by atoms with Crippen LogP contribution in [0, 0.1) is 5.82 Å². The van der Waals surface area contributed by atoms with Crippen LogP contribution in [0.15, 0.2) is 46.9 Å². The number of rotatable bonds is 6. The van der Waals surface area contributed by atoms with Gasteiger partial charge in [-0.05, 0) is 42.5 Å². The van der Waals surface area contributed by atoms with Gasteiger partial charge in [-0.3, -0.25) is 9.69 Å². The Morgan fingerprint density at radius 3 is 2.41 bits per heavy atom. The molecule has 27 heavy (non-hydrogen) atoms. The molecule has 2 aromatic rings. The highest BCUT2D eigenvalue weighted by molar-refractivity contribution is 9.10. The summed E-state index contributed by atoms with van der Waals surface area (Å²) < 4.78 is 25.5. The zero-order valence-electron chi connectivity index (χ0n) is 15.2. The fourth-order valence-corrected chi connectivity index (χ4v) is 3.33. The highest BCUT2D eigenvalue weighted by atomic mass is 79.9. The molecule has 7 heteroatoms. The monoisotopic (exact) mass is 436 g/mol. The summed E-state index contributed by atoms with van der Waals surface area (Å²) in [5.74, 6) is 0.848. The summed E-state index contributed by atoms with van der Waals surface area (Å²) in [5, 5.41) is 0. The van der Waals surface area contributed by atoms with E-state index in [4.69, 9.17) is 9.47 Å². The lowest BCUT2D eigenvalue weighted by Crippen LogP contribution is -2.49. The Morgan fingerprint density at radius 1 is 1.07 bits per heavy atom. The maximum atomic E-state index is 13.9. The Morgan fingerprint density at radius 2 is 1.74 bits per heavy atom. The molecule has 0 spiro atoms. The Balaban J connectivity index is 1.44. The fraction of sp³-hybridized carbons (Fsp3) is 0.350. The summed E-state index contributed by atoms with van der Waals surface area (Å²) in [7, 11) is 1.63. The molecule has 1 amide bonds. The van der Waals surface area contributed by atoms with Crippen molar-refractivity contribution in [2.75, 3.05) is 46.4 Å². The summed E-state index contributed by atoms with van der Waals surface area (Å²) in [4.78, 5) is 16.5. The van der Waals surface area contributed by atoms with Gasteiger partial charge in [0.1, 0.15) is 23.9 Å². The molecule has 0 bridgehead atoms. The molecular formula is C20H22BrFN2O3. The van der Waals surface area contributed by atoms with Gasteiger partial charge in [-0.25, -0.2) is 4.39 Å². The number of hydrogen-bond donors (Lipinski definition) is 0. The van der Waals surface area contributed by atoms with Gasteiger partial charge in [-0.2, -0.15) is 0 Å². The second-order valence-electron chi connectivity index (χ2n) is 6.28. The summed E-state index contributed by atoms with van der Waals surface area (Å²) >= 11 is 3.29.